The van der Waals surface area contributed by atoms with Crippen LogP contribution in [0.2, 0.25) is 0 Å². The van der Waals surface area contributed by atoms with Crippen molar-refractivity contribution in [1.82, 2.24) is 4.98 Å². The second-order valence-corrected chi connectivity index (χ2v) is 12.3. The Bertz CT molecular complexity index is 1320. The lowest BCUT2D eigenvalue weighted by molar-refractivity contribution is -0.380. The van der Waals surface area contributed by atoms with E-state index in [1.165, 1.54) is 13.8 Å². The van der Waals surface area contributed by atoms with Crippen LogP contribution in [0.4, 0.5) is 21.5 Å². The van der Waals surface area contributed by atoms with Gasteiger partial charge in [-0.1, -0.05) is 20.8 Å². The third kappa shape index (κ3) is 15.6. The van der Waals surface area contributed by atoms with E-state index in [0.717, 1.165) is 11.3 Å². The van der Waals surface area contributed by atoms with Crippen LogP contribution in [-0.4, -0.2) is 105 Å². The largest absolute Gasteiger partial charge is 0.481 e. The van der Waals surface area contributed by atoms with Crippen molar-refractivity contribution in [2.24, 2.45) is 5.41 Å². The number of ether oxygens (including phenoxy) is 5. The molecule has 1 atom stereocenters. The molecule has 262 valence electrons. The Morgan fingerprint density at radius 1 is 0.936 bits per heavy atom. The highest BCUT2D eigenvalue weighted by Gasteiger charge is 2.26. The van der Waals surface area contributed by atoms with E-state index in [-0.39, 0.29) is 57.5 Å². The Morgan fingerprint density at radius 2 is 1.49 bits per heavy atom. The van der Waals surface area contributed by atoms with Crippen molar-refractivity contribution < 1.29 is 48.1 Å². The number of carbonyl (C=O) groups is 3. The predicted octanol–water partition coefficient (Wildman–Crippen LogP) is 3.95. The number of thiazole rings is 1. The molecule has 2 amide bonds. The summed E-state index contributed by atoms with van der Waals surface area (Å²) >= 11 is 0.755. The summed E-state index contributed by atoms with van der Waals surface area (Å²) in [4.78, 5) is 50.0. The molecule has 2 rings (SSSR count). The molecular weight excluding hydrogens is 638 g/mol. The minimum absolute atomic E-state index is 0.0309. The molecule has 17 heteroatoms. The Hall–Kier alpha value is -3.74. The molecule has 0 aliphatic heterocycles. The van der Waals surface area contributed by atoms with Gasteiger partial charge in [-0.2, -0.15) is 0 Å². The van der Waals surface area contributed by atoms with Crippen molar-refractivity contribution in [3.63, 3.8) is 0 Å². The maximum Gasteiger partial charge on any atom is 0.348 e. The fourth-order valence-corrected chi connectivity index (χ4v) is 4.63. The number of anilines is 3. The maximum absolute atomic E-state index is 13.0. The van der Waals surface area contributed by atoms with E-state index >= 15 is 0 Å². The van der Waals surface area contributed by atoms with E-state index in [1.807, 2.05) is 0 Å². The van der Waals surface area contributed by atoms with E-state index in [0.29, 0.717) is 65.1 Å². The maximum atomic E-state index is 13.0. The van der Waals surface area contributed by atoms with Gasteiger partial charge in [0.1, 0.15) is 5.69 Å². The first-order chi connectivity index (χ1) is 22.3. The highest BCUT2D eigenvalue weighted by atomic mass is 32.1. The second-order valence-electron chi connectivity index (χ2n) is 11.3. The van der Waals surface area contributed by atoms with E-state index < -0.39 is 16.8 Å². The molecule has 1 aromatic carbocycles. The Kier molecular flexibility index (Phi) is 17.2. The summed E-state index contributed by atoms with van der Waals surface area (Å²) in [5.41, 5.74) is 1.06. The van der Waals surface area contributed by atoms with Crippen molar-refractivity contribution in [2.45, 2.75) is 47.1 Å². The summed E-state index contributed by atoms with van der Waals surface area (Å²) in [6, 6.07) is 4.77. The molecule has 0 aliphatic rings. The molecule has 4 N–H and O–H groups in total. The molecule has 1 heterocycles. The van der Waals surface area contributed by atoms with Gasteiger partial charge in [0.05, 0.1) is 94.7 Å². The zero-order chi connectivity index (χ0) is 34.8. The normalized spacial score (nSPS) is 12.0. The SMILES string of the molecule is CC(=O)Nc1cc(NC(COCCOCCOCCOCCOCCC(=O)O)C(C)(C)C)ccc1C(=O)Nc1nc(C)c([N+](=O)[O-])s1. The van der Waals surface area contributed by atoms with Gasteiger partial charge in [-0.25, -0.2) is 4.98 Å². The van der Waals surface area contributed by atoms with Gasteiger partial charge in [-0.15, -0.1) is 0 Å². The number of aromatic nitrogens is 1. The molecule has 0 radical (unpaired) electrons. The molecule has 1 unspecified atom stereocenters. The number of nitrogens with one attached hydrogen (secondary N) is 3. The third-order valence-corrected chi connectivity index (χ3v) is 7.38. The third-order valence-electron chi connectivity index (χ3n) is 6.35. The van der Waals surface area contributed by atoms with Crippen LogP contribution in [0.3, 0.4) is 0 Å². The van der Waals surface area contributed by atoms with Gasteiger partial charge in [0.25, 0.3) is 5.91 Å². The van der Waals surface area contributed by atoms with Crippen molar-refractivity contribution >= 4 is 50.6 Å². The average Bonchev–Trinajstić information content (AvgIpc) is 3.35. The molecule has 47 heavy (non-hydrogen) atoms. The molecule has 0 bridgehead atoms. The lowest BCUT2D eigenvalue weighted by atomic mass is 9.87. The van der Waals surface area contributed by atoms with Crippen LogP contribution in [0.1, 0.15) is 50.2 Å². The molecule has 0 aliphatic carbocycles. The van der Waals surface area contributed by atoms with Crippen molar-refractivity contribution in [1.29, 1.82) is 0 Å². The van der Waals surface area contributed by atoms with Gasteiger partial charge >= 0.3 is 11.0 Å². The number of hydrogen-bond acceptors (Lipinski definition) is 13. The second kappa shape index (κ2) is 20.5. The Labute approximate surface area is 277 Å². The topological polar surface area (TPSA) is 210 Å². The van der Waals surface area contributed by atoms with Crippen molar-refractivity contribution in [3.8, 4) is 0 Å². The standard InChI is InChI=1S/C30H45N5O11S/c1-20-28(35(40)41)47-29(31-20)34-27(39)23-7-6-22(18-24(23)32-21(2)36)33-25(30(3,4)5)19-46-17-16-45-15-14-44-13-12-43-11-10-42-9-8-26(37)38/h6-7,18,25,33H,8-17,19H2,1-5H3,(H,32,36)(H,37,38)(H,31,34,39). The summed E-state index contributed by atoms with van der Waals surface area (Å²) in [6.07, 6.45) is -0.0309. The number of rotatable bonds is 23. The van der Waals surface area contributed by atoms with Gasteiger partial charge in [-0.05, 0) is 41.9 Å². The van der Waals surface area contributed by atoms with Crippen LogP contribution < -0.4 is 16.0 Å². The number of carboxylic acid groups (broad SMARTS) is 1. The number of benzene rings is 1. The van der Waals surface area contributed by atoms with Gasteiger partial charge < -0.3 is 39.4 Å². The first-order valence-corrected chi connectivity index (χ1v) is 15.8. The van der Waals surface area contributed by atoms with Crippen LogP contribution >= 0.6 is 11.3 Å². The molecular formula is C30H45N5O11S. The predicted molar refractivity (Wildman–Crippen MR) is 175 cm³/mol. The smallest absolute Gasteiger partial charge is 0.348 e. The zero-order valence-corrected chi connectivity index (χ0v) is 28.2. The van der Waals surface area contributed by atoms with Crippen molar-refractivity contribution in [2.75, 3.05) is 82.0 Å². The van der Waals surface area contributed by atoms with E-state index in [1.54, 1.807) is 18.2 Å². The zero-order valence-electron chi connectivity index (χ0n) is 27.4. The van der Waals surface area contributed by atoms with E-state index in [4.69, 9.17) is 28.8 Å². The van der Waals surface area contributed by atoms with Gasteiger partial charge in [-0.3, -0.25) is 29.8 Å². The first kappa shape index (κ1) is 39.4. The van der Waals surface area contributed by atoms with E-state index in [2.05, 4.69) is 41.7 Å². The van der Waals surface area contributed by atoms with Crippen LogP contribution in [0.25, 0.3) is 0 Å². The summed E-state index contributed by atoms with van der Waals surface area (Å²) in [5.74, 6) is -1.84. The lowest BCUT2D eigenvalue weighted by Gasteiger charge is -2.32. The summed E-state index contributed by atoms with van der Waals surface area (Å²) in [5, 5.41) is 28.3. The summed E-state index contributed by atoms with van der Waals surface area (Å²) in [7, 11) is 0. The number of nitrogens with zero attached hydrogens (tertiary/aromatic N) is 2. The number of hydrogen-bond donors (Lipinski definition) is 4. The minimum atomic E-state index is -0.898. The molecule has 0 spiro atoms. The average molecular weight is 684 g/mol. The summed E-state index contributed by atoms with van der Waals surface area (Å²) < 4.78 is 27.4. The Balaban J connectivity index is 1.78. The van der Waals surface area contributed by atoms with Gasteiger partial charge in [0.15, 0.2) is 5.13 Å². The highest BCUT2D eigenvalue weighted by Crippen LogP contribution is 2.31. The number of carboxylic acids is 1. The fourth-order valence-electron chi connectivity index (χ4n) is 3.85. The van der Waals surface area contributed by atoms with Gasteiger partial charge in [0, 0.05) is 12.6 Å². The summed E-state index contributed by atoms with van der Waals surface area (Å²) in [6.45, 7) is 12.6. The number of nitro groups is 1. The Morgan fingerprint density at radius 3 is 1.98 bits per heavy atom. The highest BCUT2D eigenvalue weighted by molar-refractivity contribution is 7.19. The van der Waals surface area contributed by atoms with Crippen LogP contribution in [0.5, 0.6) is 0 Å². The van der Waals surface area contributed by atoms with Crippen LogP contribution in [0, 0.1) is 22.5 Å². The lowest BCUT2D eigenvalue weighted by Crippen LogP contribution is -2.38. The minimum Gasteiger partial charge on any atom is -0.481 e. The molecule has 2 aromatic rings. The fraction of sp³-hybridized carbons (Fsp3) is 0.600. The van der Waals surface area contributed by atoms with Crippen LogP contribution in [0.15, 0.2) is 18.2 Å². The van der Waals surface area contributed by atoms with Gasteiger partial charge in [0.2, 0.25) is 5.91 Å². The number of carbonyl (C=O) groups excluding carboxylic acids is 2. The molecule has 1 aromatic heterocycles. The number of aliphatic carboxylic acids is 1. The van der Waals surface area contributed by atoms with Crippen LogP contribution in [-0.2, 0) is 33.3 Å². The van der Waals surface area contributed by atoms with Crippen molar-refractivity contribution in [3.05, 3.63) is 39.6 Å². The number of aryl methyl sites for hydroxylation is 1. The molecule has 0 fully saturated rings. The molecule has 0 saturated heterocycles. The van der Waals surface area contributed by atoms with E-state index in [9.17, 15) is 24.5 Å². The molecule has 16 nitrogen and oxygen atoms in total. The monoisotopic (exact) mass is 683 g/mol. The quantitative estimate of drug-likeness (QED) is 0.0744. The first-order valence-electron chi connectivity index (χ1n) is 15.0. The molecule has 0 saturated carbocycles. The number of amides is 2.